The Bertz CT molecular complexity index is 1320. The summed E-state index contributed by atoms with van der Waals surface area (Å²) in [6.45, 7) is 0. The summed E-state index contributed by atoms with van der Waals surface area (Å²) in [5, 5.41) is 5.81. The van der Waals surface area contributed by atoms with Crippen LogP contribution in [0.1, 0.15) is 50.9 Å². The fraction of sp³-hybridized carbons (Fsp3) is 0.200. The normalized spacial score (nSPS) is 15.8. The number of pyridine rings is 1. The molecular formula is C20H14F3N5O3. The highest BCUT2D eigenvalue weighted by molar-refractivity contribution is 6.23. The number of nitrogens with one attached hydrogen (secondary N) is 1. The van der Waals surface area contributed by atoms with Gasteiger partial charge in [-0.25, -0.2) is 4.68 Å². The minimum atomic E-state index is -4.56. The van der Waals surface area contributed by atoms with Gasteiger partial charge in [0.25, 0.3) is 17.4 Å². The highest BCUT2D eigenvalue weighted by Crippen LogP contribution is 2.43. The predicted molar refractivity (Wildman–Crippen MR) is 102 cm³/mol. The Hall–Kier alpha value is -3.89. The number of halogens is 3. The van der Waals surface area contributed by atoms with E-state index in [1.807, 2.05) is 0 Å². The highest BCUT2D eigenvalue weighted by Gasteiger charge is 2.38. The van der Waals surface area contributed by atoms with Crippen molar-refractivity contribution in [3.8, 4) is 11.4 Å². The maximum absolute atomic E-state index is 13.1. The molecule has 1 fully saturated rings. The molecule has 3 N–H and O–H groups in total. The number of nitrogens with two attached hydrogens (primary N) is 1. The second kappa shape index (κ2) is 6.30. The third kappa shape index (κ3) is 3.00. The second-order valence-electron chi connectivity index (χ2n) is 7.43. The molecule has 0 unspecified atom stereocenters. The Morgan fingerprint density at radius 1 is 1.00 bits per heavy atom. The molecule has 158 valence electrons. The summed E-state index contributed by atoms with van der Waals surface area (Å²) < 4.78 is 41.7. The van der Waals surface area contributed by atoms with Crippen LogP contribution >= 0.6 is 0 Å². The van der Waals surface area contributed by atoms with Gasteiger partial charge in [0, 0.05) is 17.7 Å². The summed E-state index contributed by atoms with van der Waals surface area (Å²) in [6.07, 6.45) is -2.97. The van der Waals surface area contributed by atoms with E-state index in [-0.39, 0.29) is 28.6 Å². The fourth-order valence-corrected chi connectivity index (χ4v) is 3.70. The number of carbonyl (C=O) groups excluding carboxylic acids is 2. The summed E-state index contributed by atoms with van der Waals surface area (Å²) in [6, 6.07) is 8.08. The van der Waals surface area contributed by atoms with Gasteiger partial charge in [-0.1, -0.05) is 0 Å². The zero-order valence-corrected chi connectivity index (χ0v) is 15.7. The van der Waals surface area contributed by atoms with Crippen LogP contribution in [0.25, 0.3) is 11.4 Å². The number of nitrogen functional groups attached to an aromatic ring is 1. The molecule has 8 nitrogen and oxygen atoms in total. The molecule has 0 bridgehead atoms. The summed E-state index contributed by atoms with van der Waals surface area (Å²) in [7, 11) is 0. The quantitative estimate of drug-likeness (QED) is 0.621. The molecule has 0 atom stereocenters. The van der Waals surface area contributed by atoms with Crippen LogP contribution in [-0.2, 0) is 6.18 Å². The lowest BCUT2D eigenvalue weighted by Gasteiger charge is -2.13. The molecule has 11 heteroatoms. The molecule has 2 amide bonds. The Morgan fingerprint density at radius 3 is 2.26 bits per heavy atom. The molecule has 1 aromatic carbocycles. The second-order valence-corrected chi connectivity index (χ2v) is 7.43. The average molecular weight is 429 g/mol. The van der Waals surface area contributed by atoms with Crippen molar-refractivity contribution in [3.05, 3.63) is 69.3 Å². The van der Waals surface area contributed by atoms with E-state index in [2.05, 4.69) is 10.4 Å². The average Bonchev–Trinajstić information content (AvgIpc) is 3.37. The number of alkyl halides is 3. The zero-order chi connectivity index (χ0) is 22.1. The lowest BCUT2D eigenvalue weighted by atomic mass is 10.1. The van der Waals surface area contributed by atoms with Crippen LogP contribution in [0.3, 0.4) is 0 Å². The molecule has 3 aromatic rings. The van der Waals surface area contributed by atoms with E-state index < -0.39 is 29.2 Å². The number of anilines is 1. The molecule has 1 aliphatic carbocycles. The van der Waals surface area contributed by atoms with Crippen LogP contribution in [0.2, 0.25) is 0 Å². The first-order chi connectivity index (χ1) is 14.6. The molecule has 31 heavy (non-hydrogen) atoms. The standard InChI is InChI=1S/C20H14F3N5O3/c21-20(22,23)14-8-13(9-1-2-9)28(26-14)11-5-3-10(4-6-11)27-15(29)7-12-16(17(27)24)19(31)25-18(12)30/h3-9H,1-2,24H2,(H,25,30,31). The first kappa shape index (κ1) is 19.1. The molecule has 3 heterocycles. The van der Waals surface area contributed by atoms with Crippen molar-refractivity contribution >= 4 is 17.6 Å². The van der Waals surface area contributed by atoms with Crippen LogP contribution < -0.4 is 16.6 Å². The van der Waals surface area contributed by atoms with Gasteiger partial charge in [-0.2, -0.15) is 18.3 Å². The monoisotopic (exact) mass is 429 g/mol. The number of imide groups is 1. The van der Waals surface area contributed by atoms with Crippen LogP contribution in [-0.4, -0.2) is 26.2 Å². The van der Waals surface area contributed by atoms with Gasteiger partial charge >= 0.3 is 6.18 Å². The predicted octanol–water partition coefficient (Wildman–Crippen LogP) is 2.39. The Kier molecular flexibility index (Phi) is 3.88. The van der Waals surface area contributed by atoms with Gasteiger partial charge in [-0.15, -0.1) is 0 Å². The molecule has 0 spiro atoms. The third-order valence-corrected chi connectivity index (χ3v) is 5.33. The Morgan fingerprint density at radius 2 is 1.65 bits per heavy atom. The molecule has 2 aliphatic rings. The Labute approximate surface area is 172 Å². The summed E-state index contributed by atoms with van der Waals surface area (Å²) >= 11 is 0. The highest BCUT2D eigenvalue weighted by atomic mass is 19.4. The largest absolute Gasteiger partial charge is 0.435 e. The number of aromatic nitrogens is 3. The van der Waals surface area contributed by atoms with Crippen molar-refractivity contribution < 1.29 is 22.8 Å². The molecular weight excluding hydrogens is 415 g/mol. The maximum atomic E-state index is 13.1. The first-order valence-electron chi connectivity index (χ1n) is 9.34. The minimum absolute atomic E-state index is 0.0225. The van der Waals surface area contributed by atoms with E-state index in [9.17, 15) is 27.6 Å². The van der Waals surface area contributed by atoms with E-state index >= 15 is 0 Å². The van der Waals surface area contributed by atoms with Gasteiger partial charge in [-0.3, -0.25) is 24.3 Å². The number of nitrogens with zero attached hydrogens (tertiary/aromatic N) is 3. The number of carbonyl (C=O) groups is 2. The van der Waals surface area contributed by atoms with Crippen molar-refractivity contribution in [3.63, 3.8) is 0 Å². The first-order valence-corrected chi connectivity index (χ1v) is 9.34. The van der Waals surface area contributed by atoms with E-state index in [0.29, 0.717) is 11.4 Å². The van der Waals surface area contributed by atoms with E-state index in [4.69, 9.17) is 5.73 Å². The SMILES string of the molecule is Nc1c2c(cc(=O)n1-c1ccc(-n3nc(C(F)(F)F)cc3C3CC3)cc1)C(=O)NC2=O. The van der Waals surface area contributed by atoms with Crippen molar-refractivity contribution in [2.45, 2.75) is 24.9 Å². The molecule has 0 radical (unpaired) electrons. The zero-order valence-electron chi connectivity index (χ0n) is 15.7. The topological polar surface area (TPSA) is 112 Å². The molecule has 1 aliphatic heterocycles. The number of amides is 2. The molecule has 5 rings (SSSR count). The summed E-state index contributed by atoms with van der Waals surface area (Å²) in [4.78, 5) is 36.3. The van der Waals surface area contributed by atoms with Gasteiger partial charge in [0.05, 0.1) is 22.5 Å². The maximum Gasteiger partial charge on any atom is 0.435 e. The van der Waals surface area contributed by atoms with Gasteiger partial charge < -0.3 is 5.73 Å². The van der Waals surface area contributed by atoms with E-state index in [1.165, 1.54) is 28.9 Å². The van der Waals surface area contributed by atoms with Crippen LogP contribution in [0.4, 0.5) is 19.0 Å². The number of fused-ring (bicyclic) bond motifs is 1. The third-order valence-electron chi connectivity index (χ3n) is 5.33. The summed E-state index contributed by atoms with van der Waals surface area (Å²) in [5.41, 5.74) is 5.39. The number of rotatable bonds is 3. The van der Waals surface area contributed by atoms with Crippen LogP contribution in [0, 0.1) is 0 Å². The molecule has 2 aromatic heterocycles. The van der Waals surface area contributed by atoms with Gasteiger partial charge in [-0.05, 0) is 43.2 Å². The van der Waals surface area contributed by atoms with Crippen molar-refractivity contribution in [1.82, 2.24) is 19.7 Å². The van der Waals surface area contributed by atoms with Crippen LogP contribution in [0.5, 0.6) is 0 Å². The van der Waals surface area contributed by atoms with Gasteiger partial charge in [0.1, 0.15) is 5.82 Å². The number of benzene rings is 1. The minimum Gasteiger partial charge on any atom is -0.384 e. The lowest BCUT2D eigenvalue weighted by molar-refractivity contribution is -0.141. The van der Waals surface area contributed by atoms with Crippen molar-refractivity contribution in [1.29, 1.82) is 0 Å². The van der Waals surface area contributed by atoms with Crippen molar-refractivity contribution in [2.24, 2.45) is 0 Å². The van der Waals surface area contributed by atoms with Crippen LogP contribution in [0.15, 0.2) is 41.2 Å². The van der Waals surface area contributed by atoms with E-state index in [1.54, 1.807) is 0 Å². The number of hydrogen-bond donors (Lipinski definition) is 2. The lowest BCUT2D eigenvalue weighted by Crippen LogP contribution is -2.24. The number of hydrogen-bond acceptors (Lipinski definition) is 5. The Balaban J connectivity index is 1.58. The summed E-state index contributed by atoms with van der Waals surface area (Å²) in [5.74, 6) is -1.57. The van der Waals surface area contributed by atoms with E-state index in [0.717, 1.165) is 29.5 Å². The van der Waals surface area contributed by atoms with Gasteiger partial charge in [0.2, 0.25) is 0 Å². The molecule has 1 saturated carbocycles. The molecule has 0 saturated heterocycles. The fourth-order valence-electron chi connectivity index (χ4n) is 3.70. The smallest absolute Gasteiger partial charge is 0.384 e. The van der Waals surface area contributed by atoms with Crippen molar-refractivity contribution in [2.75, 3.05) is 5.73 Å². The van der Waals surface area contributed by atoms with Gasteiger partial charge in [0.15, 0.2) is 5.69 Å².